The monoisotopic (exact) mass is 302 g/mol. The van der Waals surface area contributed by atoms with Gasteiger partial charge in [-0.15, -0.1) is 12.4 Å². The lowest BCUT2D eigenvalue weighted by Crippen LogP contribution is -2.35. The average Bonchev–Trinajstić information content (AvgIpc) is 2.58. The zero-order valence-electron chi connectivity index (χ0n) is 13.3. The van der Waals surface area contributed by atoms with Crippen molar-refractivity contribution in [3.8, 4) is 0 Å². The van der Waals surface area contributed by atoms with Crippen molar-refractivity contribution >= 4 is 18.3 Å². The molecule has 1 aromatic rings. The van der Waals surface area contributed by atoms with Gasteiger partial charge in [-0.2, -0.15) is 5.10 Å². The Morgan fingerprint density at radius 3 is 2.35 bits per heavy atom. The molecular formula is C14H27ClN4O. The van der Waals surface area contributed by atoms with Gasteiger partial charge in [0.15, 0.2) is 0 Å². The van der Waals surface area contributed by atoms with Gasteiger partial charge in [0, 0.05) is 32.4 Å². The van der Waals surface area contributed by atoms with E-state index in [9.17, 15) is 4.79 Å². The Morgan fingerprint density at radius 1 is 1.40 bits per heavy atom. The number of carbonyl (C=O) groups excluding carboxylic acids is 1. The largest absolute Gasteiger partial charge is 0.342 e. The summed E-state index contributed by atoms with van der Waals surface area (Å²) in [4.78, 5) is 14.1. The summed E-state index contributed by atoms with van der Waals surface area (Å²) in [5, 5.41) is 4.28. The topological polar surface area (TPSA) is 64.2 Å². The molecule has 1 atom stereocenters. The number of nitrogens with two attached hydrogens (primary N) is 1. The van der Waals surface area contributed by atoms with E-state index in [1.807, 2.05) is 27.9 Å². The normalized spacial score (nSPS) is 12.2. The van der Waals surface area contributed by atoms with Crippen molar-refractivity contribution in [3.63, 3.8) is 0 Å². The van der Waals surface area contributed by atoms with Crippen molar-refractivity contribution in [1.29, 1.82) is 0 Å². The van der Waals surface area contributed by atoms with Crippen LogP contribution in [-0.2, 0) is 7.05 Å². The standard InChI is InChI=1S/C14H26N4O.ClH/c1-9(2)12(15)7-8-17(5)14(19)13-10(3)16-18(6)11(13)4;/h9,12H,7-8,15H2,1-6H3;1H. The average molecular weight is 303 g/mol. The Bertz CT molecular complexity index is 456. The molecule has 1 aromatic heterocycles. The van der Waals surface area contributed by atoms with E-state index in [-0.39, 0.29) is 24.4 Å². The minimum atomic E-state index is 0. The summed E-state index contributed by atoms with van der Waals surface area (Å²) in [6.07, 6.45) is 0.818. The van der Waals surface area contributed by atoms with Crippen LogP contribution in [0.3, 0.4) is 0 Å². The highest BCUT2D eigenvalue weighted by atomic mass is 35.5. The quantitative estimate of drug-likeness (QED) is 0.903. The van der Waals surface area contributed by atoms with Crippen molar-refractivity contribution in [2.75, 3.05) is 13.6 Å². The summed E-state index contributed by atoms with van der Waals surface area (Å²) in [5.74, 6) is 0.462. The molecule has 0 aliphatic heterocycles. The lowest BCUT2D eigenvalue weighted by Gasteiger charge is -2.21. The fraction of sp³-hybridized carbons (Fsp3) is 0.714. The van der Waals surface area contributed by atoms with Gasteiger partial charge in [-0.25, -0.2) is 0 Å². The van der Waals surface area contributed by atoms with Crippen molar-refractivity contribution in [3.05, 3.63) is 17.0 Å². The molecule has 116 valence electrons. The number of carbonyl (C=O) groups is 1. The smallest absolute Gasteiger partial charge is 0.257 e. The van der Waals surface area contributed by atoms with E-state index in [1.54, 1.807) is 9.58 Å². The van der Waals surface area contributed by atoms with Gasteiger partial charge >= 0.3 is 0 Å². The van der Waals surface area contributed by atoms with Crippen molar-refractivity contribution in [1.82, 2.24) is 14.7 Å². The summed E-state index contributed by atoms with van der Waals surface area (Å²) in [5.41, 5.74) is 8.41. The summed E-state index contributed by atoms with van der Waals surface area (Å²) in [6, 6.07) is 0.131. The maximum atomic E-state index is 12.4. The van der Waals surface area contributed by atoms with Crippen LogP contribution in [0.25, 0.3) is 0 Å². The fourth-order valence-electron chi connectivity index (χ4n) is 2.05. The van der Waals surface area contributed by atoms with Crippen LogP contribution in [-0.4, -0.2) is 40.2 Å². The van der Waals surface area contributed by atoms with E-state index >= 15 is 0 Å². The zero-order valence-corrected chi connectivity index (χ0v) is 14.1. The van der Waals surface area contributed by atoms with Gasteiger partial charge in [0.1, 0.15) is 0 Å². The van der Waals surface area contributed by atoms with Gasteiger partial charge in [0.25, 0.3) is 5.91 Å². The molecule has 0 spiro atoms. The molecule has 0 saturated carbocycles. The second-order valence-corrected chi connectivity index (χ2v) is 5.59. The van der Waals surface area contributed by atoms with Gasteiger partial charge in [0.2, 0.25) is 0 Å². The van der Waals surface area contributed by atoms with Crippen LogP contribution in [0, 0.1) is 19.8 Å². The first-order chi connectivity index (χ1) is 8.75. The van der Waals surface area contributed by atoms with E-state index in [2.05, 4.69) is 18.9 Å². The molecule has 2 N–H and O–H groups in total. The van der Waals surface area contributed by atoms with Crippen LogP contribution in [0.4, 0.5) is 0 Å². The Morgan fingerprint density at radius 2 is 1.95 bits per heavy atom. The van der Waals surface area contributed by atoms with Crippen molar-refractivity contribution < 1.29 is 4.79 Å². The first kappa shape index (κ1) is 18.9. The van der Waals surface area contributed by atoms with E-state index in [0.717, 1.165) is 17.8 Å². The van der Waals surface area contributed by atoms with Crippen molar-refractivity contribution in [2.24, 2.45) is 18.7 Å². The number of hydrogen-bond donors (Lipinski definition) is 1. The summed E-state index contributed by atoms with van der Waals surface area (Å²) in [7, 11) is 3.68. The van der Waals surface area contributed by atoms with Gasteiger partial charge in [0.05, 0.1) is 11.3 Å². The number of halogens is 1. The molecule has 6 heteroatoms. The Balaban J connectivity index is 0.00000361. The predicted molar refractivity (Wildman–Crippen MR) is 84.3 cm³/mol. The van der Waals surface area contributed by atoms with Crippen LogP contribution in [0.5, 0.6) is 0 Å². The summed E-state index contributed by atoms with van der Waals surface area (Å²) in [6.45, 7) is 8.66. The fourth-order valence-corrected chi connectivity index (χ4v) is 2.05. The molecule has 0 aromatic carbocycles. The van der Waals surface area contributed by atoms with E-state index in [0.29, 0.717) is 18.0 Å². The lowest BCUT2D eigenvalue weighted by atomic mass is 10.0. The lowest BCUT2D eigenvalue weighted by molar-refractivity contribution is 0.0787. The number of aryl methyl sites for hydroxylation is 2. The molecule has 5 nitrogen and oxygen atoms in total. The van der Waals surface area contributed by atoms with E-state index in [4.69, 9.17) is 5.73 Å². The van der Waals surface area contributed by atoms with Crippen LogP contribution in [0.15, 0.2) is 0 Å². The first-order valence-corrected chi connectivity index (χ1v) is 6.77. The number of aromatic nitrogens is 2. The Hall–Kier alpha value is -1.07. The molecule has 0 aliphatic carbocycles. The highest BCUT2D eigenvalue weighted by Gasteiger charge is 2.21. The zero-order chi connectivity index (χ0) is 14.7. The molecule has 0 fully saturated rings. The van der Waals surface area contributed by atoms with Crippen LogP contribution in [0.1, 0.15) is 42.0 Å². The molecule has 1 amide bonds. The third kappa shape index (κ3) is 4.21. The maximum Gasteiger partial charge on any atom is 0.257 e. The first-order valence-electron chi connectivity index (χ1n) is 6.77. The number of nitrogens with zero attached hydrogens (tertiary/aromatic N) is 3. The number of rotatable bonds is 5. The molecule has 1 unspecified atom stereocenters. The SMILES string of the molecule is Cc1nn(C)c(C)c1C(=O)N(C)CCC(N)C(C)C.Cl. The molecular weight excluding hydrogens is 276 g/mol. The van der Waals surface area contributed by atoms with Crippen LogP contribution < -0.4 is 5.73 Å². The van der Waals surface area contributed by atoms with Gasteiger partial charge in [-0.05, 0) is 26.2 Å². The van der Waals surface area contributed by atoms with Crippen LogP contribution in [0.2, 0.25) is 0 Å². The second-order valence-electron chi connectivity index (χ2n) is 5.59. The van der Waals surface area contributed by atoms with Crippen molar-refractivity contribution in [2.45, 2.75) is 40.2 Å². The van der Waals surface area contributed by atoms with Gasteiger partial charge in [-0.1, -0.05) is 13.8 Å². The van der Waals surface area contributed by atoms with Crippen LogP contribution >= 0.6 is 12.4 Å². The molecule has 1 heterocycles. The highest BCUT2D eigenvalue weighted by molar-refractivity contribution is 5.96. The Labute approximate surface area is 127 Å². The van der Waals surface area contributed by atoms with E-state index < -0.39 is 0 Å². The molecule has 0 aliphatic rings. The van der Waals surface area contributed by atoms with Gasteiger partial charge in [-0.3, -0.25) is 9.48 Å². The number of amides is 1. The van der Waals surface area contributed by atoms with E-state index in [1.165, 1.54) is 0 Å². The molecule has 20 heavy (non-hydrogen) atoms. The molecule has 0 bridgehead atoms. The predicted octanol–water partition coefficient (Wildman–Crippen LogP) is 1.90. The Kier molecular flexibility index (Phi) is 7.23. The third-order valence-electron chi connectivity index (χ3n) is 3.72. The number of hydrogen-bond acceptors (Lipinski definition) is 3. The maximum absolute atomic E-state index is 12.4. The molecule has 0 saturated heterocycles. The summed E-state index contributed by atoms with van der Waals surface area (Å²) >= 11 is 0. The molecule has 1 rings (SSSR count). The minimum absolute atomic E-state index is 0. The van der Waals surface area contributed by atoms with Gasteiger partial charge < -0.3 is 10.6 Å². The second kappa shape index (κ2) is 7.64. The molecule has 0 radical (unpaired) electrons. The minimum Gasteiger partial charge on any atom is -0.342 e. The highest BCUT2D eigenvalue weighted by Crippen LogP contribution is 2.14. The summed E-state index contributed by atoms with van der Waals surface area (Å²) < 4.78 is 1.75. The third-order valence-corrected chi connectivity index (χ3v) is 3.72.